The highest BCUT2D eigenvalue weighted by atomic mass is 16.7. The van der Waals surface area contributed by atoms with Crippen LogP contribution in [0.5, 0.6) is 5.75 Å². The van der Waals surface area contributed by atoms with Crippen LogP contribution in [0.25, 0.3) is 28.3 Å². The van der Waals surface area contributed by atoms with Gasteiger partial charge >= 0.3 is 0 Å². The molecule has 12 nitrogen and oxygen atoms in total. The van der Waals surface area contributed by atoms with Crippen LogP contribution in [-0.4, -0.2) is 68.5 Å². The van der Waals surface area contributed by atoms with Crippen molar-refractivity contribution >= 4 is 22.8 Å². The number of aromatic nitrogens is 7. The Morgan fingerprint density at radius 1 is 0.979 bits per heavy atom. The van der Waals surface area contributed by atoms with E-state index in [0.29, 0.717) is 19.8 Å². The minimum Gasteiger partial charge on any atom is -0.497 e. The summed E-state index contributed by atoms with van der Waals surface area (Å²) in [5, 5.41) is 14.0. The SMILES string of the molecule is COc1ccc(CN(C)c2cc(N3CCc4c(-c5ccc(C6OCCO6)cn5)cccc43)nn3c(-c4cn(C(C)C)nn4)cnc23)cc1. The molecule has 0 atom stereocenters. The van der Waals surface area contributed by atoms with Crippen molar-refractivity contribution in [1.82, 2.24) is 34.6 Å². The van der Waals surface area contributed by atoms with Crippen molar-refractivity contribution in [2.75, 3.05) is 43.7 Å². The molecule has 0 radical (unpaired) electrons. The topological polar surface area (TPSA) is 108 Å². The number of hydrogen-bond donors (Lipinski definition) is 0. The number of pyridine rings is 1. The molecule has 2 aromatic carbocycles. The van der Waals surface area contributed by atoms with E-state index in [2.05, 4.69) is 83.5 Å². The Bertz CT molecular complexity index is 2070. The number of methoxy groups -OCH3 is 1. The number of anilines is 3. The molecule has 12 heteroatoms. The molecule has 0 N–H and O–H groups in total. The molecule has 244 valence electrons. The Morgan fingerprint density at radius 2 is 1.81 bits per heavy atom. The molecule has 0 aliphatic carbocycles. The van der Waals surface area contributed by atoms with Gasteiger partial charge in [-0.15, -0.1) is 10.2 Å². The van der Waals surface area contributed by atoms with Crippen molar-refractivity contribution in [3.05, 3.63) is 95.9 Å². The van der Waals surface area contributed by atoms with Crippen LogP contribution in [0.4, 0.5) is 17.2 Å². The van der Waals surface area contributed by atoms with Gasteiger partial charge in [0.25, 0.3) is 0 Å². The number of imidazole rings is 1. The Balaban J connectivity index is 1.19. The maximum atomic E-state index is 5.66. The Labute approximate surface area is 278 Å². The highest BCUT2D eigenvalue weighted by molar-refractivity contribution is 5.81. The van der Waals surface area contributed by atoms with Gasteiger partial charge in [0.05, 0.1) is 44.1 Å². The van der Waals surface area contributed by atoms with Gasteiger partial charge in [-0.05, 0) is 55.7 Å². The summed E-state index contributed by atoms with van der Waals surface area (Å²) in [6, 6.07) is 21.0. The van der Waals surface area contributed by atoms with Crippen molar-refractivity contribution in [3.63, 3.8) is 0 Å². The number of ether oxygens (including phenoxy) is 3. The largest absolute Gasteiger partial charge is 0.497 e. The van der Waals surface area contributed by atoms with Gasteiger partial charge in [0.15, 0.2) is 17.8 Å². The highest BCUT2D eigenvalue weighted by Gasteiger charge is 2.28. The van der Waals surface area contributed by atoms with E-state index in [4.69, 9.17) is 29.3 Å². The van der Waals surface area contributed by atoms with Gasteiger partial charge in [0, 0.05) is 55.3 Å². The summed E-state index contributed by atoms with van der Waals surface area (Å²) in [7, 11) is 3.76. The van der Waals surface area contributed by atoms with Crippen LogP contribution in [0, 0.1) is 0 Å². The molecule has 2 aliphatic rings. The molecule has 4 aromatic heterocycles. The minimum absolute atomic E-state index is 0.186. The molecule has 6 aromatic rings. The van der Waals surface area contributed by atoms with Crippen molar-refractivity contribution in [1.29, 1.82) is 0 Å². The smallest absolute Gasteiger partial charge is 0.185 e. The van der Waals surface area contributed by atoms with Crippen LogP contribution < -0.4 is 14.5 Å². The molecule has 48 heavy (non-hydrogen) atoms. The van der Waals surface area contributed by atoms with E-state index in [1.165, 1.54) is 5.56 Å². The van der Waals surface area contributed by atoms with E-state index in [1.54, 1.807) is 7.11 Å². The summed E-state index contributed by atoms with van der Waals surface area (Å²) in [6.45, 7) is 6.82. The quantitative estimate of drug-likeness (QED) is 0.186. The summed E-state index contributed by atoms with van der Waals surface area (Å²) in [4.78, 5) is 14.2. The predicted octanol–water partition coefficient (Wildman–Crippen LogP) is 6.02. The fourth-order valence-electron chi connectivity index (χ4n) is 6.43. The molecule has 0 unspecified atom stereocenters. The first-order chi connectivity index (χ1) is 23.5. The minimum atomic E-state index is -0.343. The average Bonchev–Trinajstić information content (AvgIpc) is 3.94. The molecule has 8 rings (SSSR count). The number of hydrogen-bond acceptors (Lipinski definition) is 10. The van der Waals surface area contributed by atoms with Gasteiger partial charge in [-0.2, -0.15) is 0 Å². The third-order valence-electron chi connectivity index (χ3n) is 8.99. The summed E-state index contributed by atoms with van der Waals surface area (Å²) < 4.78 is 20.5. The van der Waals surface area contributed by atoms with E-state index < -0.39 is 0 Å². The molecule has 1 saturated heterocycles. The fraction of sp³-hybridized carbons (Fsp3) is 0.306. The maximum Gasteiger partial charge on any atom is 0.185 e. The number of nitrogens with zero attached hydrogens (tertiary/aromatic N) is 9. The van der Waals surface area contributed by atoms with Gasteiger partial charge in [-0.25, -0.2) is 14.2 Å². The van der Waals surface area contributed by atoms with Gasteiger partial charge < -0.3 is 24.0 Å². The zero-order valence-electron chi connectivity index (χ0n) is 27.4. The molecule has 2 aliphatic heterocycles. The second-order valence-electron chi connectivity index (χ2n) is 12.4. The number of rotatable bonds is 9. The van der Waals surface area contributed by atoms with Gasteiger partial charge in [0.2, 0.25) is 0 Å². The first kappa shape index (κ1) is 30.0. The van der Waals surface area contributed by atoms with Gasteiger partial charge in [-0.3, -0.25) is 4.98 Å². The third kappa shape index (κ3) is 5.42. The summed E-state index contributed by atoms with van der Waals surface area (Å²) in [5.74, 6) is 1.65. The van der Waals surface area contributed by atoms with E-state index in [1.807, 2.05) is 46.0 Å². The van der Waals surface area contributed by atoms with Crippen molar-refractivity contribution in [2.45, 2.75) is 39.1 Å². The molecule has 0 spiro atoms. The molecular formula is C36H37N9O3. The molecular weight excluding hydrogens is 606 g/mol. The Morgan fingerprint density at radius 3 is 2.54 bits per heavy atom. The second kappa shape index (κ2) is 12.4. The standard InChI is InChI=1S/C36H37N9O3/c1-23(2)44-22-30(39-41-44)33-20-38-35-32(42(3)21-24-8-11-26(46-4)12-9-24)18-34(40-45(33)35)43-15-14-28-27(6-5-7-31(28)43)29-13-10-25(19-37-29)36-47-16-17-48-36/h5-13,18-20,22-23,36H,14-17,21H2,1-4H3. The second-order valence-corrected chi connectivity index (χ2v) is 12.4. The highest BCUT2D eigenvalue weighted by Crippen LogP contribution is 2.41. The Hall–Kier alpha value is -5.33. The molecule has 1 fully saturated rings. The normalized spacial score (nSPS) is 14.7. The van der Waals surface area contributed by atoms with Crippen molar-refractivity contribution in [2.24, 2.45) is 0 Å². The molecule has 0 amide bonds. The first-order valence-corrected chi connectivity index (χ1v) is 16.2. The van der Waals surface area contributed by atoms with Gasteiger partial charge in [0.1, 0.15) is 17.1 Å². The molecule has 6 heterocycles. The summed E-state index contributed by atoms with van der Waals surface area (Å²) >= 11 is 0. The van der Waals surface area contributed by atoms with Gasteiger partial charge in [-0.1, -0.05) is 35.5 Å². The van der Waals surface area contributed by atoms with E-state index in [9.17, 15) is 0 Å². The molecule has 0 saturated carbocycles. The third-order valence-corrected chi connectivity index (χ3v) is 8.99. The lowest BCUT2D eigenvalue weighted by molar-refractivity contribution is -0.0443. The Kier molecular flexibility index (Phi) is 7.73. The number of benzene rings is 2. The van der Waals surface area contributed by atoms with Crippen molar-refractivity contribution in [3.8, 4) is 28.4 Å². The average molecular weight is 644 g/mol. The van der Waals surface area contributed by atoms with Crippen LogP contribution in [0.2, 0.25) is 0 Å². The lowest BCUT2D eigenvalue weighted by atomic mass is 10.0. The predicted molar refractivity (Wildman–Crippen MR) is 183 cm³/mol. The lowest BCUT2D eigenvalue weighted by Gasteiger charge is -2.24. The monoisotopic (exact) mass is 643 g/mol. The van der Waals surface area contributed by atoms with E-state index in [0.717, 1.165) is 75.3 Å². The fourth-order valence-corrected chi connectivity index (χ4v) is 6.43. The van der Waals surface area contributed by atoms with E-state index >= 15 is 0 Å². The summed E-state index contributed by atoms with van der Waals surface area (Å²) in [5.41, 5.74) is 9.68. The number of fused-ring (bicyclic) bond motifs is 2. The van der Waals surface area contributed by atoms with Crippen LogP contribution in [0.3, 0.4) is 0 Å². The van der Waals surface area contributed by atoms with Crippen LogP contribution in [-0.2, 0) is 22.4 Å². The van der Waals surface area contributed by atoms with E-state index in [-0.39, 0.29) is 12.3 Å². The zero-order chi connectivity index (χ0) is 32.8. The maximum absolute atomic E-state index is 5.66. The first-order valence-electron chi connectivity index (χ1n) is 16.2. The van der Waals surface area contributed by atoms with Crippen LogP contribution in [0.15, 0.2) is 79.3 Å². The van der Waals surface area contributed by atoms with Crippen molar-refractivity contribution < 1.29 is 14.2 Å². The summed E-state index contributed by atoms with van der Waals surface area (Å²) in [6.07, 6.45) is 6.15. The molecule has 0 bridgehead atoms. The van der Waals surface area contributed by atoms with Crippen LogP contribution in [0.1, 0.15) is 42.9 Å². The van der Waals surface area contributed by atoms with Crippen LogP contribution >= 0.6 is 0 Å². The zero-order valence-corrected chi connectivity index (χ0v) is 27.4. The lowest BCUT2D eigenvalue weighted by Crippen LogP contribution is -2.21.